The minimum absolute atomic E-state index is 0.664. The van der Waals surface area contributed by atoms with Gasteiger partial charge in [-0.05, 0) is 12.1 Å². The predicted octanol–water partition coefficient (Wildman–Crippen LogP) is 4.12. The largest absolute Gasteiger partial charge is 0.252 e. The van der Waals surface area contributed by atoms with E-state index >= 15 is 0 Å². The summed E-state index contributed by atoms with van der Waals surface area (Å²) in [5, 5.41) is 1.33. The van der Waals surface area contributed by atoms with E-state index in [0.29, 0.717) is 10.0 Å². The van der Waals surface area contributed by atoms with Crippen LogP contribution in [0.2, 0.25) is 10.0 Å². The standard InChI is InChI=1S/C9H5Cl2NS/c10-6-2-1-3-7(11)9(6)8-4-12-5-13-8/h1-5H. The van der Waals surface area contributed by atoms with E-state index in [1.165, 1.54) is 11.3 Å². The van der Waals surface area contributed by atoms with Crippen molar-refractivity contribution in [3.05, 3.63) is 40.0 Å². The summed E-state index contributed by atoms with van der Waals surface area (Å²) in [7, 11) is 0. The van der Waals surface area contributed by atoms with E-state index in [9.17, 15) is 0 Å². The summed E-state index contributed by atoms with van der Waals surface area (Å²) in [6.07, 6.45) is 1.76. The lowest BCUT2D eigenvalue weighted by Gasteiger charge is -2.02. The third-order valence-electron chi connectivity index (χ3n) is 1.64. The van der Waals surface area contributed by atoms with Crippen LogP contribution in [0.3, 0.4) is 0 Å². The molecule has 0 radical (unpaired) electrons. The molecule has 1 nitrogen and oxygen atoms in total. The maximum absolute atomic E-state index is 6.02. The highest BCUT2D eigenvalue weighted by Gasteiger charge is 2.08. The van der Waals surface area contributed by atoms with Gasteiger partial charge in [0.1, 0.15) is 0 Å². The van der Waals surface area contributed by atoms with Crippen LogP contribution in [0.25, 0.3) is 10.4 Å². The molecule has 0 atom stereocenters. The van der Waals surface area contributed by atoms with Crippen LogP contribution in [0.4, 0.5) is 0 Å². The molecule has 1 heterocycles. The zero-order valence-electron chi connectivity index (χ0n) is 6.50. The van der Waals surface area contributed by atoms with E-state index in [0.717, 1.165) is 10.4 Å². The Balaban J connectivity index is 2.64. The molecule has 0 aliphatic heterocycles. The van der Waals surface area contributed by atoms with Gasteiger partial charge in [0.25, 0.3) is 0 Å². The van der Waals surface area contributed by atoms with Crippen LogP contribution >= 0.6 is 34.5 Å². The second-order valence-corrected chi connectivity index (χ2v) is 4.16. The van der Waals surface area contributed by atoms with Gasteiger partial charge in [-0.3, -0.25) is 4.98 Å². The minimum atomic E-state index is 0.664. The normalized spacial score (nSPS) is 10.3. The first-order chi connectivity index (χ1) is 6.29. The highest BCUT2D eigenvalue weighted by Crippen LogP contribution is 2.36. The van der Waals surface area contributed by atoms with Crippen LogP contribution in [-0.4, -0.2) is 4.98 Å². The zero-order chi connectivity index (χ0) is 9.26. The lowest BCUT2D eigenvalue weighted by molar-refractivity contribution is 1.42. The fraction of sp³-hybridized carbons (Fsp3) is 0. The van der Waals surface area contributed by atoms with Gasteiger partial charge in [0.05, 0.1) is 20.4 Å². The van der Waals surface area contributed by atoms with E-state index in [4.69, 9.17) is 23.2 Å². The van der Waals surface area contributed by atoms with Crippen LogP contribution in [-0.2, 0) is 0 Å². The summed E-state index contributed by atoms with van der Waals surface area (Å²) in [5.74, 6) is 0. The highest BCUT2D eigenvalue weighted by atomic mass is 35.5. The van der Waals surface area contributed by atoms with Crippen molar-refractivity contribution in [3.63, 3.8) is 0 Å². The summed E-state index contributed by atoms with van der Waals surface area (Å²) in [5.41, 5.74) is 2.63. The molecule has 0 aliphatic carbocycles. The smallest absolute Gasteiger partial charge is 0.0798 e. The number of nitrogens with zero attached hydrogens (tertiary/aromatic N) is 1. The summed E-state index contributed by atoms with van der Waals surface area (Å²) in [4.78, 5) is 4.98. The third kappa shape index (κ3) is 1.70. The molecule has 1 aromatic carbocycles. The Hall–Kier alpha value is -0.570. The van der Waals surface area contributed by atoms with Crippen LogP contribution in [0.15, 0.2) is 29.9 Å². The molecule has 0 N–H and O–H groups in total. The van der Waals surface area contributed by atoms with E-state index in [1.807, 2.05) is 18.2 Å². The summed E-state index contributed by atoms with van der Waals surface area (Å²) >= 11 is 13.6. The molecule has 0 bridgehead atoms. The first-order valence-electron chi connectivity index (χ1n) is 3.62. The van der Waals surface area contributed by atoms with Gasteiger partial charge in [-0.15, -0.1) is 11.3 Å². The average Bonchev–Trinajstić information content (AvgIpc) is 2.57. The topological polar surface area (TPSA) is 12.9 Å². The van der Waals surface area contributed by atoms with E-state index in [-0.39, 0.29) is 0 Å². The molecule has 0 unspecified atom stereocenters. The van der Waals surface area contributed by atoms with Crippen molar-refractivity contribution in [2.45, 2.75) is 0 Å². The van der Waals surface area contributed by atoms with Crippen molar-refractivity contribution in [3.8, 4) is 10.4 Å². The minimum Gasteiger partial charge on any atom is -0.252 e. The number of aromatic nitrogens is 1. The Bertz CT molecular complexity index is 391. The molecular weight excluding hydrogens is 225 g/mol. The van der Waals surface area contributed by atoms with Gasteiger partial charge in [-0.25, -0.2) is 0 Å². The average molecular weight is 230 g/mol. The SMILES string of the molecule is Clc1cccc(Cl)c1-c1cncs1. The maximum atomic E-state index is 6.02. The molecule has 66 valence electrons. The van der Waals surface area contributed by atoms with Gasteiger partial charge in [0, 0.05) is 11.8 Å². The van der Waals surface area contributed by atoms with Crippen LogP contribution in [0.1, 0.15) is 0 Å². The molecule has 2 aromatic rings. The Morgan fingerprint density at radius 3 is 2.38 bits per heavy atom. The van der Waals surface area contributed by atoms with Gasteiger partial charge in [0.2, 0.25) is 0 Å². The molecule has 1 aromatic heterocycles. The van der Waals surface area contributed by atoms with Crippen LogP contribution in [0.5, 0.6) is 0 Å². The molecule has 2 rings (SSSR count). The number of thiazole rings is 1. The van der Waals surface area contributed by atoms with Crippen molar-refractivity contribution in [1.29, 1.82) is 0 Å². The second-order valence-electron chi connectivity index (χ2n) is 2.46. The highest BCUT2D eigenvalue weighted by molar-refractivity contribution is 7.13. The fourth-order valence-electron chi connectivity index (χ4n) is 1.07. The lowest BCUT2D eigenvalue weighted by atomic mass is 10.2. The first kappa shape index (κ1) is 9.00. The Kier molecular flexibility index (Phi) is 2.54. The Morgan fingerprint density at radius 2 is 1.85 bits per heavy atom. The maximum Gasteiger partial charge on any atom is 0.0798 e. The van der Waals surface area contributed by atoms with Gasteiger partial charge in [-0.1, -0.05) is 29.3 Å². The van der Waals surface area contributed by atoms with Gasteiger partial charge >= 0.3 is 0 Å². The predicted molar refractivity (Wildman–Crippen MR) is 57.6 cm³/mol. The molecule has 0 saturated heterocycles. The number of rotatable bonds is 1. The molecule has 0 saturated carbocycles. The molecule has 0 spiro atoms. The van der Waals surface area contributed by atoms with Crippen molar-refractivity contribution in [1.82, 2.24) is 4.98 Å². The molecule has 4 heteroatoms. The summed E-state index contributed by atoms with van der Waals surface area (Å²) in [6, 6.07) is 5.47. The molecular formula is C9H5Cl2NS. The molecule has 0 fully saturated rings. The van der Waals surface area contributed by atoms with E-state index in [2.05, 4.69) is 4.98 Å². The zero-order valence-corrected chi connectivity index (χ0v) is 8.83. The monoisotopic (exact) mass is 229 g/mol. The second kappa shape index (κ2) is 3.66. The van der Waals surface area contributed by atoms with Gasteiger partial charge in [0.15, 0.2) is 0 Å². The van der Waals surface area contributed by atoms with E-state index in [1.54, 1.807) is 11.7 Å². The van der Waals surface area contributed by atoms with Crippen molar-refractivity contribution >= 4 is 34.5 Å². The van der Waals surface area contributed by atoms with Crippen LogP contribution in [0, 0.1) is 0 Å². The summed E-state index contributed by atoms with van der Waals surface area (Å²) in [6.45, 7) is 0. The van der Waals surface area contributed by atoms with Gasteiger partial charge in [-0.2, -0.15) is 0 Å². The van der Waals surface area contributed by atoms with Crippen molar-refractivity contribution in [2.24, 2.45) is 0 Å². The van der Waals surface area contributed by atoms with Crippen molar-refractivity contribution in [2.75, 3.05) is 0 Å². The van der Waals surface area contributed by atoms with E-state index < -0.39 is 0 Å². The molecule has 13 heavy (non-hydrogen) atoms. The first-order valence-corrected chi connectivity index (χ1v) is 5.25. The van der Waals surface area contributed by atoms with Crippen LogP contribution < -0.4 is 0 Å². The van der Waals surface area contributed by atoms with Gasteiger partial charge < -0.3 is 0 Å². The fourth-order valence-corrected chi connectivity index (χ4v) is 2.48. The Labute approximate surface area is 90.0 Å². The number of hydrogen-bond donors (Lipinski definition) is 0. The van der Waals surface area contributed by atoms with Crippen molar-refractivity contribution < 1.29 is 0 Å². The quantitative estimate of drug-likeness (QED) is 0.718. The number of hydrogen-bond acceptors (Lipinski definition) is 2. The lowest BCUT2D eigenvalue weighted by Crippen LogP contribution is -1.76. The third-order valence-corrected chi connectivity index (χ3v) is 3.06. The Morgan fingerprint density at radius 1 is 1.15 bits per heavy atom. The molecule has 0 amide bonds. The number of halogens is 2. The number of benzene rings is 1. The molecule has 0 aliphatic rings. The summed E-state index contributed by atoms with van der Waals surface area (Å²) < 4.78 is 0.